The molecular weight excluding hydrogens is 512 g/mol. The van der Waals surface area contributed by atoms with Crippen LogP contribution >= 0.6 is 0 Å². The number of phenols is 1. The van der Waals surface area contributed by atoms with Crippen molar-refractivity contribution >= 4 is 28.9 Å². The summed E-state index contributed by atoms with van der Waals surface area (Å²) in [6.07, 6.45) is -0.0997. The van der Waals surface area contributed by atoms with Gasteiger partial charge < -0.3 is 15.3 Å². The third-order valence-corrected chi connectivity index (χ3v) is 10.8. The molecule has 4 rings (SSSR count). The fraction of sp³-hybridized carbons (Fsp3) is 0.656. The van der Waals surface area contributed by atoms with Gasteiger partial charge in [-0.2, -0.15) is 0 Å². The van der Waals surface area contributed by atoms with Crippen LogP contribution in [0, 0.1) is 34.5 Å². The van der Waals surface area contributed by atoms with Gasteiger partial charge in [0, 0.05) is 22.3 Å². The number of carbonyl (C=O) groups excluding carboxylic acids is 5. The Morgan fingerprint density at radius 2 is 1.65 bits per heavy atom. The number of rotatable bonds is 5. The third-order valence-electron chi connectivity index (χ3n) is 10.8. The first-order valence-electron chi connectivity index (χ1n) is 14.2. The van der Waals surface area contributed by atoms with Crippen LogP contribution in [-0.2, 0) is 24.6 Å². The Morgan fingerprint density at radius 1 is 1.07 bits per heavy atom. The summed E-state index contributed by atoms with van der Waals surface area (Å²) in [6, 6.07) is 3.52. The minimum absolute atomic E-state index is 0.0488. The van der Waals surface area contributed by atoms with E-state index in [4.69, 9.17) is 0 Å². The maximum atomic E-state index is 14.5. The van der Waals surface area contributed by atoms with Crippen LogP contribution in [-0.4, -0.2) is 55.9 Å². The van der Waals surface area contributed by atoms with Crippen molar-refractivity contribution in [3.05, 3.63) is 28.8 Å². The second kappa shape index (κ2) is 9.15. The lowest BCUT2D eigenvalue weighted by Crippen LogP contribution is -2.81. The van der Waals surface area contributed by atoms with E-state index in [1.165, 1.54) is 6.92 Å². The second-order valence-corrected chi connectivity index (χ2v) is 13.7. The lowest BCUT2D eigenvalue weighted by molar-refractivity contribution is -0.240. The van der Waals surface area contributed by atoms with Gasteiger partial charge in [0.15, 0.2) is 28.7 Å². The number of aliphatic hydroxyl groups is 2. The van der Waals surface area contributed by atoms with Crippen molar-refractivity contribution in [2.75, 3.05) is 0 Å². The van der Waals surface area contributed by atoms with E-state index in [0.29, 0.717) is 11.1 Å². The molecule has 0 spiro atoms. The van der Waals surface area contributed by atoms with Crippen LogP contribution < -0.4 is 0 Å². The summed E-state index contributed by atoms with van der Waals surface area (Å²) in [4.78, 5) is 68.7. The van der Waals surface area contributed by atoms with Gasteiger partial charge in [-0.05, 0) is 36.2 Å². The highest BCUT2D eigenvalue weighted by molar-refractivity contribution is 6.33. The third kappa shape index (κ3) is 3.35. The van der Waals surface area contributed by atoms with Crippen LogP contribution in [0.1, 0.15) is 103 Å². The SMILES string of the molecule is CCCC(C)(C)c1ccc2c(c1O)C(=O)C1C(=O)[C@@]3(O)C(=O)C(C(C)=O)C(=O)C(C(C)C)[C@@]3(C)[C@H](O)[C@@]1(C)[C@@H]2C. The molecule has 2 fully saturated rings. The molecule has 8 atom stereocenters. The normalized spacial score (nSPS) is 37.8. The number of aliphatic hydroxyl groups excluding tert-OH is 1. The molecule has 8 nitrogen and oxygen atoms in total. The van der Waals surface area contributed by atoms with Gasteiger partial charge in [0.1, 0.15) is 17.5 Å². The van der Waals surface area contributed by atoms with E-state index in [1.54, 1.807) is 39.8 Å². The average molecular weight is 555 g/mol. The molecule has 2 saturated carbocycles. The standard InChI is InChI=1S/C32H42O8/c1-10-13-29(6,7)18-12-11-17-15(4)30(8)22(25(36)20(17)23(18)34)27(38)32(40)26(37)19(16(5)33)24(35)21(14(2)3)31(32,9)28(30)39/h11-12,14-15,19,21-22,28,34,39-40H,10,13H2,1-9H3/t15-,19?,21?,22?,28-,30+,31+,32+/m1/s1. The molecule has 0 saturated heterocycles. The zero-order valence-electron chi connectivity index (χ0n) is 24.9. The summed E-state index contributed by atoms with van der Waals surface area (Å²) >= 11 is 0. The zero-order chi connectivity index (χ0) is 30.5. The number of hydrogen-bond donors (Lipinski definition) is 3. The number of Topliss-reactive ketones (excluding diaryl/α,β-unsaturated/α-hetero) is 5. The number of phenolic OH excluding ortho intramolecular Hbond substituents is 1. The van der Waals surface area contributed by atoms with Gasteiger partial charge in [-0.3, -0.25) is 24.0 Å². The number of aromatic hydroxyl groups is 1. The summed E-state index contributed by atoms with van der Waals surface area (Å²) in [5.41, 5.74) is -6.02. The van der Waals surface area contributed by atoms with Gasteiger partial charge >= 0.3 is 0 Å². The molecule has 3 N–H and O–H groups in total. The van der Waals surface area contributed by atoms with Gasteiger partial charge in [-0.1, -0.05) is 73.9 Å². The van der Waals surface area contributed by atoms with E-state index in [9.17, 15) is 39.3 Å². The Hall–Kier alpha value is -2.71. The molecule has 218 valence electrons. The fourth-order valence-corrected chi connectivity index (χ4v) is 8.66. The molecule has 3 unspecified atom stereocenters. The van der Waals surface area contributed by atoms with Crippen LogP contribution in [0.5, 0.6) is 5.75 Å². The van der Waals surface area contributed by atoms with Gasteiger partial charge in [-0.25, -0.2) is 0 Å². The van der Waals surface area contributed by atoms with E-state index in [0.717, 1.165) is 19.8 Å². The minimum Gasteiger partial charge on any atom is -0.507 e. The highest BCUT2D eigenvalue weighted by atomic mass is 16.3. The molecule has 0 amide bonds. The quantitative estimate of drug-likeness (QED) is 0.467. The Morgan fingerprint density at radius 3 is 2.15 bits per heavy atom. The summed E-state index contributed by atoms with van der Waals surface area (Å²) < 4.78 is 0. The van der Waals surface area contributed by atoms with Crippen LogP contribution in [0.25, 0.3) is 0 Å². The van der Waals surface area contributed by atoms with Gasteiger partial charge in [0.05, 0.1) is 17.6 Å². The lowest BCUT2D eigenvalue weighted by atomic mass is 9.37. The summed E-state index contributed by atoms with van der Waals surface area (Å²) in [5.74, 6) is -11.0. The Kier molecular flexibility index (Phi) is 6.92. The maximum absolute atomic E-state index is 14.5. The largest absolute Gasteiger partial charge is 0.507 e. The van der Waals surface area contributed by atoms with Crippen molar-refractivity contribution in [1.29, 1.82) is 0 Å². The fourth-order valence-electron chi connectivity index (χ4n) is 8.66. The first kappa shape index (κ1) is 30.3. The van der Waals surface area contributed by atoms with E-state index in [-0.39, 0.29) is 11.3 Å². The highest BCUT2D eigenvalue weighted by Gasteiger charge is 2.80. The molecule has 3 aliphatic rings. The molecule has 3 aliphatic carbocycles. The predicted molar refractivity (Wildman–Crippen MR) is 147 cm³/mol. The first-order chi connectivity index (χ1) is 18.3. The number of ketones is 5. The first-order valence-corrected chi connectivity index (χ1v) is 14.2. The van der Waals surface area contributed by atoms with Crippen molar-refractivity contribution in [3.8, 4) is 5.75 Å². The monoisotopic (exact) mass is 554 g/mol. The topological polar surface area (TPSA) is 146 Å². The molecule has 0 radical (unpaired) electrons. The predicted octanol–water partition coefficient (Wildman–Crippen LogP) is 3.70. The molecular formula is C32H42O8. The summed E-state index contributed by atoms with van der Waals surface area (Å²) in [7, 11) is 0. The molecule has 40 heavy (non-hydrogen) atoms. The molecule has 0 aliphatic heterocycles. The zero-order valence-corrected chi connectivity index (χ0v) is 24.9. The molecule has 8 heteroatoms. The second-order valence-electron chi connectivity index (χ2n) is 13.7. The number of fused-ring (bicyclic) bond motifs is 3. The van der Waals surface area contributed by atoms with Crippen molar-refractivity contribution in [2.24, 2.45) is 34.5 Å². The van der Waals surface area contributed by atoms with E-state index < -0.39 is 86.5 Å². The molecule has 1 aromatic carbocycles. The van der Waals surface area contributed by atoms with E-state index in [2.05, 4.69) is 0 Å². The van der Waals surface area contributed by atoms with Crippen molar-refractivity contribution in [3.63, 3.8) is 0 Å². The minimum atomic E-state index is -2.96. The molecule has 0 heterocycles. The lowest BCUT2D eigenvalue weighted by Gasteiger charge is -2.65. The van der Waals surface area contributed by atoms with Crippen LogP contribution in [0.4, 0.5) is 0 Å². The van der Waals surface area contributed by atoms with Crippen LogP contribution in [0.2, 0.25) is 0 Å². The highest BCUT2D eigenvalue weighted by Crippen LogP contribution is 2.66. The van der Waals surface area contributed by atoms with Crippen molar-refractivity contribution in [2.45, 2.75) is 98.2 Å². The number of benzene rings is 1. The van der Waals surface area contributed by atoms with Gasteiger partial charge in [0.2, 0.25) is 0 Å². The number of carbonyl (C=O) groups is 5. The smallest absolute Gasteiger partial charge is 0.191 e. The molecule has 0 bridgehead atoms. The summed E-state index contributed by atoms with van der Waals surface area (Å²) in [5, 5.41) is 35.8. The van der Waals surface area contributed by atoms with E-state index in [1.807, 2.05) is 20.8 Å². The van der Waals surface area contributed by atoms with Crippen LogP contribution in [0.3, 0.4) is 0 Å². The summed E-state index contributed by atoms with van der Waals surface area (Å²) in [6.45, 7) is 15.0. The maximum Gasteiger partial charge on any atom is 0.191 e. The Labute approximate surface area is 235 Å². The molecule has 0 aromatic heterocycles. The molecule has 1 aromatic rings. The number of hydrogen-bond acceptors (Lipinski definition) is 8. The van der Waals surface area contributed by atoms with Crippen LogP contribution in [0.15, 0.2) is 12.1 Å². The Balaban J connectivity index is 2.04. The van der Waals surface area contributed by atoms with Crippen molar-refractivity contribution in [1.82, 2.24) is 0 Å². The van der Waals surface area contributed by atoms with Gasteiger partial charge in [0.25, 0.3) is 0 Å². The Bertz CT molecular complexity index is 1340. The van der Waals surface area contributed by atoms with E-state index >= 15 is 0 Å². The average Bonchev–Trinajstić information content (AvgIpc) is 2.83. The van der Waals surface area contributed by atoms with Crippen molar-refractivity contribution < 1.29 is 39.3 Å². The van der Waals surface area contributed by atoms with Gasteiger partial charge in [-0.15, -0.1) is 0 Å².